The molecule has 0 radical (unpaired) electrons. The Morgan fingerprint density at radius 2 is 1.88 bits per heavy atom. The zero-order valence-electron chi connectivity index (χ0n) is 11.5. The maximum atomic E-state index is 12.3. The van der Waals surface area contributed by atoms with E-state index in [4.69, 9.17) is 34.8 Å². The summed E-state index contributed by atoms with van der Waals surface area (Å²) in [4.78, 5) is 26.8. The molecule has 0 fully saturated rings. The molecule has 0 spiro atoms. The van der Waals surface area contributed by atoms with E-state index in [1.165, 1.54) is 23.5 Å². The Hall–Kier alpha value is -1.93. The van der Waals surface area contributed by atoms with Crippen molar-refractivity contribution in [3.8, 4) is 0 Å². The third-order valence-corrected chi connectivity index (χ3v) is 5.14. The molecule has 24 heavy (non-hydrogen) atoms. The van der Waals surface area contributed by atoms with Crippen LogP contribution in [0.3, 0.4) is 0 Å². The number of nitrogens with one attached hydrogen (secondary N) is 1. The van der Waals surface area contributed by atoms with Crippen LogP contribution in [0.15, 0.2) is 30.3 Å². The van der Waals surface area contributed by atoms with E-state index in [2.05, 4.69) is 10.3 Å². The van der Waals surface area contributed by atoms with Gasteiger partial charge in [-0.05, 0) is 18.2 Å². The second kappa shape index (κ2) is 6.52. The zero-order chi connectivity index (χ0) is 17.4. The Kier molecular flexibility index (Phi) is 4.60. The van der Waals surface area contributed by atoms with Crippen molar-refractivity contribution in [1.29, 1.82) is 0 Å². The number of thiazole rings is 1. The molecule has 0 unspecified atom stereocenters. The second-order valence-electron chi connectivity index (χ2n) is 4.60. The van der Waals surface area contributed by atoms with Crippen LogP contribution in [0.4, 0.5) is 10.8 Å². The van der Waals surface area contributed by atoms with E-state index >= 15 is 0 Å². The van der Waals surface area contributed by atoms with Crippen LogP contribution in [0.2, 0.25) is 15.1 Å². The van der Waals surface area contributed by atoms with Crippen LogP contribution in [0.25, 0.3) is 10.2 Å². The molecule has 1 N–H and O–H groups in total. The van der Waals surface area contributed by atoms with Gasteiger partial charge in [0.2, 0.25) is 0 Å². The van der Waals surface area contributed by atoms with Crippen LogP contribution in [0, 0.1) is 10.1 Å². The molecular formula is C14H6Cl3N3O3S. The first-order valence-electron chi connectivity index (χ1n) is 6.36. The minimum Gasteiger partial charge on any atom is -0.298 e. The fourth-order valence-corrected chi connectivity index (χ4v) is 3.44. The lowest BCUT2D eigenvalue weighted by atomic mass is 10.2. The highest BCUT2D eigenvalue weighted by Crippen LogP contribution is 2.35. The molecule has 6 nitrogen and oxygen atoms in total. The summed E-state index contributed by atoms with van der Waals surface area (Å²) < 4.78 is 0.741. The fourth-order valence-electron chi connectivity index (χ4n) is 1.96. The lowest BCUT2D eigenvalue weighted by Crippen LogP contribution is -2.12. The molecule has 1 heterocycles. The molecule has 1 amide bonds. The third-order valence-electron chi connectivity index (χ3n) is 3.08. The Morgan fingerprint density at radius 1 is 1.17 bits per heavy atom. The average Bonchev–Trinajstić information content (AvgIpc) is 2.94. The normalized spacial score (nSPS) is 10.8. The largest absolute Gasteiger partial charge is 0.298 e. The molecule has 2 aromatic carbocycles. The number of nitro groups is 1. The second-order valence-corrected chi connectivity index (χ2v) is 6.83. The first-order valence-corrected chi connectivity index (χ1v) is 8.31. The van der Waals surface area contributed by atoms with Gasteiger partial charge in [-0.3, -0.25) is 20.2 Å². The highest BCUT2D eigenvalue weighted by molar-refractivity contribution is 7.22. The molecule has 0 saturated heterocycles. The molecule has 0 bridgehead atoms. The highest BCUT2D eigenvalue weighted by atomic mass is 35.5. The molecule has 0 aliphatic rings. The van der Waals surface area contributed by atoms with Crippen molar-refractivity contribution >= 4 is 73.1 Å². The molecule has 1 aromatic heterocycles. The van der Waals surface area contributed by atoms with E-state index in [1.54, 1.807) is 12.1 Å². The third kappa shape index (κ3) is 3.16. The number of hydrogen-bond acceptors (Lipinski definition) is 5. The Balaban J connectivity index is 1.94. The molecule has 10 heteroatoms. The van der Waals surface area contributed by atoms with Crippen molar-refractivity contribution in [3.63, 3.8) is 0 Å². The lowest BCUT2D eigenvalue weighted by Gasteiger charge is -2.03. The van der Waals surface area contributed by atoms with Gasteiger partial charge in [0.1, 0.15) is 5.52 Å². The maximum Gasteiger partial charge on any atom is 0.270 e. The van der Waals surface area contributed by atoms with Crippen LogP contribution in [0.1, 0.15) is 10.4 Å². The standard InChI is InChI=1S/C14H6Cl3N3O3S/c15-8-2-1-6(20(22)23)5-7(8)13(21)19-14-18-12-10(24-14)4-3-9(16)11(12)17/h1-5H,(H,18,19,21). The van der Waals surface area contributed by atoms with Crippen molar-refractivity contribution in [1.82, 2.24) is 4.98 Å². The van der Waals surface area contributed by atoms with Crippen LogP contribution in [-0.4, -0.2) is 15.8 Å². The Labute approximate surface area is 154 Å². The minimum atomic E-state index is -0.607. The molecular weight excluding hydrogens is 397 g/mol. The topological polar surface area (TPSA) is 85.1 Å². The first-order chi connectivity index (χ1) is 11.4. The summed E-state index contributed by atoms with van der Waals surface area (Å²) in [7, 11) is 0. The molecule has 3 rings (SSSR count). The summed E-state index contributed by atoms with van der Waals surface area (Å²) in [5, 5.41) is 14.4. The summed E-state index contributed by atoms with van der Waals surface area (Å²) in [6.07, 6.45) is 0. The van der Waals surface area contributed by atoms with Gasteiger partial charge in [0.25, 0.3) is 11.6 Å². The number of non-ortho nitro benzene ring substituents is 1. The summed E-state index contributed by atoms with van der Waals surface area (Å²) in [6.45, 7) is 0. The summed E-state index contributed by atoms with van der Waals surface area (Å²) >= 11 is 19.2. The van der Waals surface area contributed by atoms with Crippen molar-refractivity contribution in [2.75, 3.05) is 5.32 Å². The van der Waals surface area contributed by atoms with E-state index in [9.17, 15) is 14.9 Å². The van der Waals surface area contributed by atoms with Gasteiger partial charge in [0.05, 0.1) is 30.3 Å². The number of aromatic nitrogens is 1. The van der Waals surface area contributed by atoms with Gasteiger partial charge in [-0.2, -0.15) is 0 Å². The summed E-state index contributed by atoms with van der Waals surface area (Å²) in [6, 6.07) is 6.99. The number of nitrogens with zero attached hydrogens (tertiary/aromatic N) is 2. The van der Waals surface area contributed by atoms with Gasteiger partial charge in [0, 0.05) is 12.1 Å². The van der Waals surface area contributed by atoms with Crippen LogP contribution in [0.5, 0.6) is 0 Å². The van der Waals surface area contributed by atoms with Crippen molar-refractivity contribution in [2.24, 2.45) is 0 Å². The average molecular weight is 403 g/mol. The van der Waals surface area contributed by atoms with Gasteiger partial charge in [-0.1, -0.05) is 46.1 Å². The smallest absolute Gasteiger partial charge is 0.270 e. The van der Waals surface area contributed by atoms with Crippen molar-refractivity contribution in [3.05, 3.63) is 61.1 Å². The van der Waals surface area contributed by atoms with Gasteiger partial charge < -0.3 is 0 Å². The van der Waals surface area contributed by atoms with E-state index in [1.807, 2.05) is 0 Å². The number of nitro benzene ring substituents is 1. The van der Waals surface area contributed by atoms with Crippen LogP contribution in [-0.2, 0) is 0 Å². The maximum absolute atomic E-state index is 12.3. The number of carbonyl (C=O) groups excluding carboxylic acids is 1. The number of hydrogen-bond donors (Lipinski definition) is 1. The number of anilines is 1. The molecule has 0 aliphatic carbocycles. The van der Waals surface area contributed by atoms with Gasteiger partial charge in [0.15, 0.2) is 5.13 Å². The number of rotatable bonds is 3. The lowest BCUT2D eigenvalue weighted by molar-refractivity contribution is -0.384. The molecule has 122 valence electrons. The molecule has 3 aromatic rings. The Morgan fingerprint density at radius 3 is 2.58 bits per heavy atom. The molecule has 0 aliphatic heterocycles. The minimum absolute atomic E-state index is 0.0192. The predicted octanol–water partition coefficient (Wildman–Crippen LogP) is 5.42. The van der Waals surface area contributed by atoms with Crippen molar-refractivity contribution < 1.29 is 9.72 Å². The van der Waals surface area contributed by atoms with Crippen LogP contribution >= 0.6 is 46.1 Å². The monoisotopic (exact) mass is 401 g/mol. The van der Waals surface area contributed by atoms with E-state index in [-0.39, 0.29) is 21.4 Å². The number of halogens is 3. The Bertz CT molecular complexity index is 990. The van der Waals surface area contributed by atoms with E-state index in [0.717, 1.165) is 10.8 Å². The summed E-state index contributed by atoms with van der Waals surface area (Å²) in [5.74, 6) is -0.607. The zero-order valence-corrected chi connectivity index (χ0v) is 14.6. The number of carbonyl (C=O) groups is 1. The first kappa shape index (κ1) is 16.9. The predicted molar refractivity (Wildman–Crippen MR) is 95.7 cm³/mol. The molecule has 0 saturated carbocycles. The van der Waals surface area contributed by atoms with Gasteiger partial charge in [-0.15, -0.1) is 0 Å². The molecule has 0 atom stereocenters. The van der Waals surface area contributed by atoms with Gasteiger partial charge in [-0.25, -0.2) is 4.98 Å². The number of amides is 1. The van der Waals surface area contributed by atoms with E-state index in [0.29, 0.717) is 15.6 Å². The summed E-state index contributed by atoms with van der Waals surface area (Å²) in [5.41, 5.74) is 0.215. The SMILES string of the molecule is O=C(Nc1nc2c(Cl)c(Cl)ccc2s1)c1cc([N+](=O)[O-])ccc1Cl. The quantitative estimate of drug-likeness (QED) is 0.468. The number of benzene rings is 2. The van der Waals surface area contributed by atoms with Gasteiger partial charge >= 0.3 is 0 Å². The van der Waals surface area contributed by atoms with Crippen molar-refractivity contribution in [2.45, 2.75) is 0 Å². The fraction of sp³-hybridized carbons (Fsp3) is 0. The van der Waals surface area contributed by atoms with Crippen LogP contribution < -0.4 is 5.32 Å². The van der Waals surface area contributed by atoms with E-state index < -0.39 is 10.8 Å². The number of fused-ring (bicyclic) bond motifs is 1. The highest BCUT2D eigenvalue weighted by Gasteiger charge is 2.18.